The lowest BCUT2D eigenvalue weighted by molar-refractivity contribution is -0.124. The number of amides is 1. The Balaban J connectivity index is 1.50. The third-order valence-electron chi connectivity index (χ3n) is 5.21. The average Bonchev–Trinajstić information content (AvgIpc) is 2.76. The Morgan fingerprint density at radius 1 is 1.21 bits per heavy atom. The smallest absolute Gasteiger partial charge is 0.224 e. The molecule has 100 valence electrons. The van der Waals surface area contributed by atoms with E-state index in [1.54, 1.807) is 0 Å². The molecule has 0 bridgehead atoms. The minimum Gasteiger partial charge on any atom is -0.390 e. The minimum atomic E-state index is -0.472. The van der Waals surface area contributed by atoms with Crippen LogP contribution in [0.2, 0.25) is 0 Å². The van der Waals surface area contributed by atoms with E-state index in [-0.39, 0.29) is 17.9 Å². The second-order valence-electron chi connectivity index (χ2n) is 6.24. The average molecular weight is 257 g/mol. The summed E-state index contributed by atoms with van der Waals surface area (Å²) < 4.78 is 0. The number of benzene rings is 1. The molecule has 3 nitrogen and oxygen atoms in total. The molecule has 4 rings (SSSR count). The van der Waals surface area contributed by atoms with Gasteiger partial charge in [0.15, 0.2) is 0 Å². The van der Waals surface area contributed by atoms with Crippen molar-refractivity contribution < 1.29 is 9.90 Å². The van der Waals surface area contributed by atoms with Crippen molar-refractivity contribution in [2.75, 3.05) is 0 Å². The van der Waals surface area contributed by atoms with Crippen LogP contribution in [0.5, 0.6) is 0 Å². The van der Waals surface area contributed by atoms with Crippen LogP contribution in [0, 0.1) is 17.8 Å². The standard InChI is InChI=1S/C16H19NO2/c18-13-8-9-4-1-2-5-10(9)15(13)17-16(19)14-11-6-3-7-12(11)14/h1-2,4-5,11-15,18H,3,6-8H2,(H,17,19)/t11?,12?,13-,14?,15+/m1/s1. The van der Waals surface area contributed by atoms with E-state index in [4.69, 9.17) is 0 Å². The number of hydrogen-bond acceptors (Lipinski definition) is 2. The molecule has 2 saturated carbocycles. The highest BCUT2D eigenvalue weighted by molar-refractivity contribution is 5.83. The van der Waals surface area contributed by atoms with Gasteiger partial charge in [-0.25, -0.2) is 0 Å². The highest BCUT2D eigenvalue weighted by Crippen LogP contribution is 2.57. The van der Waals surface area contributed by atoms with Gasteiger partial charge in [-0.15, -0.1) is 0 Å². The summed E-state index contributed by atoms with van der Waals surface area (Å²) >= 11 is 0. The van der Waals surface area contributed by atoms with Crippen LogP contribution in [-0.2, 0) is 11.2 Å². The van der Waals surface area contributed by atoms with Gasteiger partial charge in [-0.1, -0.05) is 30.7 Å². The van der Waals surface area contributed by atoms with Gasteiger partial charge < -0.3 is 10.4 Å². The fraction of sp³-hybridized carbons (Fsp3) is 0.562. The first-order valence-corrected chi connectivity index (χ1v) is 7.32. The number of nitrogens with one attached hydrogen (secondary N) is 1. The first kappa shape index (κ1) is 11.5. The van der Waals surface area contributed by atoms with Crippen LogP contribution < -0.4 is 5.32 Å². The number of hydrogen-bond donors (Lipinski definition) is 2. The van der Waals surface area contributed by atoms with Gasteiger partial charge in [0.05, 0.1) is 12.1 Å². The molecule has 4 atom stereocenters. The maximum Gasteiger partial charge on any atom is 0.224 e. The topological polar surface area (TPSA) is 49.3 Å². The van der Waals surface area contributed by atoms with Crippen LogP contribution in [0.15, 0.2) is 24.3 Å². The van der Waals surface area contributed by atoms with E-state index < -0.39 is 6.10 Å². The van der Waals surface area contributed by atoms with Crippen LogP contribution in [0.25, 0.3) is 0 Å². The predicted molar refractivity (Wildman–Crippen MR) is 71.4 cm³/mol. The molecule has 3 aliphatic rings. The van der Waals surface area contributed by atoms with Gasteiger partial charge in [-0.2, -0.15) is 0 Å². The third kappa shape index (κ3) is 1.71. The summed E-state index contributed by atoms with van der Waals surface area (Å²) in [6.07, 6.45) is 3.89. The van der Waals surface area contributed by atoms with Crippen molar-refractivity contribution >= 4 is 5.91 Å². The fourth-order valence-electron chi connectivity index (χ4n) is 4.21. The Hall–Kier alpha value is -1.35. The number of aliphatic hydroxyl groups is 1. The molecule has 2 unspecified atom stereocenters. The molecular weight excluding hydrogens is 238 g/mol. The monoisotopic (exact) mass is 257 g/mol. The molecule has 0 spiro atoms. The number of fused-ring (bicyclic) bond motifs is 2. The van der Waals surface area contributed by atoms with E-state index in [1.807, 2.05) is 24.3 Å². The van der Waals surface area contributed by atoms with Gasteiger partial charge in [-0.3, -0.25) is 4.79 Å². The maximum atomic E-state index is 12.3. The predicted octanol–water partition coefficient (Wildman–Crippen LogP) is 1.81. The van der Waals surface area contributed by atoms with Gasteiger partial charge in [0.1, 0.15) is 0 Å². The van der Waals surface area contributed by atoms with Crippen molar-refractivity contribution in [2.45, 2.75) is 37.8 Å². The molecule has 1 aromatic carbocycles. The zero-order chi connectivity index (χ0) is 13.0. The summed E-state index contributed by atoms with van der Waals surface area (Å²) in [5, 5.41) is 13.2. The second-order valence-corrected chi connectivity index (χ2v) is 6.24. The summed E-state index contributed by atoms with van der Waals surface area (Å²) in [4.78, 5) is 12.3. The van der Waals surface area contributed by atoms with E-state index >= 15 is 0 Å². The normalized spacial score (nSPS) is 38.7. The molecule has 2 N–H and O–H groups in total. The van der Waals surface area contributed by atoms with Crippen molar-refractivity contribution in [3.8, 4) is 0 Å². The molecule has 1 amide bonds. The summed E-state index contributed by atoms with van der Waals surface area (Å²) in [7, 11) is 0. The maximum absolute atomic E-state index is 12.3. The first-order chi connectivity index (χ1) is 9.25. The Labute approximate surface area is 113 Å². The molecule has 19 heavy (non-hydrogen) atoms. The van der Waals surface area contributed by atoms with Gasteiger partial charge in [0.25, 0.3) is 0 Å². The zero-order valence-corrected chi connectivity index (χ0v) is 10.9. The highest BCUT2D eigenvalue weighted by atomic mass is 16.3. The van der Waals surface area contributed by atoms with E-state index in [9.17, 15) is 9.90 Å². The quantitative estimate of drug-likeness (QED) is 0.849. The van der Waals surface area contributed by atoms with Crippen LogP contribution in [-0.4, -0.2) is 17.1 Å². The van der Waals surface area contributed by atoms with Gasteiger partial charge in [0, 0.05) is 12.3 Å². The SMILES string of the molecule is O=C(N[C@H]1c2ccccc2C[C@H]1O)C1C2CCCC21. The van der Waals surface area contributed by atoms with Gasteiger partial charge in [-0.05, 0) is 35.8 Å². The number of carbonyl (C=O) groups is 1. The molecule has 0 saturated heterocycles. The third-order valence-corrected chi connectivity index (χ3v) is 5.21. The molecule has 0 heterocycles. The second kappa shape index (κ2) is 4.07. The Kier molecular flexibility index (Phi) is 2.46. The Morgan fingerprint density at radius 2 is 1.95 bits per heavy atom. The lowest BCUT2D eigenvalue weighted by Gasteiger charge is -2.18. The Bertz CT molecular complexity index is 517. The molecule has 0 radical (unpaired) electrons. The van der Waals surface area contributed by atoms with E-state index in [2.05, 4.69) is 5.32 Å². The molecule has 2 fully saturated rings. The largest absolute Gasteiger partial charge is 0.390 e. The summed E-state index contributed by atoms with van der Waals surface area (Å²) in [6.45, 7) is 0. The molecule has 1 aromatic rings. The molecule has 0 aliphatic heterocycles. The van der Waals surface area contributed by atoms with Crippen molar-refractivity contribution in [3.05, 3.63) is 35.4 Å². The minimum absolute atomic E-state index is 0.162. The van der Waals surface area contributed by atoms with Crippen molar-refractivity contribution in [1.82, 2.24) is 5.32 Å². The van der Waals surface area contributed by atoms with Crippen LogP contribution >= 0.6 is 0 Å². The molecular formula is C16H19NO2. The van der Waals surface area contributed by atoms with Crippen LogP contribution in [0.4, 0.5) is 0 Å². The lowest BCUT2D eigenvalue weighted by atomic mass is 10.1. The van der Waals surface area contributed by atoms with E-state index in [0.717, 1.165) is 11.1 Å². The van der Waals surface area contributed by atoms with Crippen molar-refractivity contribution in [3.63, 3.8) is 0 Å². The van der Waals surface area contributed by atoms with Gasteiger partial charge in [0.2, 0.25) is 5.91 Å². The molecule has 3 aliphatic carbocycles. The number of carbonyl (C=O) groups excluding carboxylic acids is 1. The Morgan fingerprint density at radius 3 is 2.74 bits per heavy atom. The van der Waals surface area contributed by atoms with Crippen LogP contribution in [0.3, 0.4) is 0 Å². The van der Waals surface area contributed by atoms with Gasteiger partial charge >= 0.3 is 0 Å². The summed E-state index contributed by atoms with van der Waals surface area (Å²) in [5.41, 5.74) is 2.26. The number of rotatable bonds is 2. The van der Waals surface area contributed by atoms with Crippen molar-refractivity contribution in [1.29, 1.82) is 0 Å². The molecule has 3 heteroatoms. The first-order valence-electron chi connectivity index (χ1n) is 7.32. The van der Waals surface area contributed by atoms with Crippen molar-refractivity contribution in [2.24, 2.45) is 17.8 Å². The summed E-state index contributed by atoms with van der Waals surface area (Å²) in [6, 6.07) is 7.81. The lowest BCUT2D eigenvalue weighted by Crippen LogP contribution is -2.35. The zero-order valence-electron chi connectivity index (χ0n) is 10.9. The van der Waals surface area contributed by atoms with E-state index in [0.29, 0.717) is 18.3 Å². The van der Waals surface area contributed by atoms with E-state index in [1.165, 1.54) is 19.3 Å². The fourth-order valence-corrected chi connectivity index (χ4v) is 4.21. The number of aliphatic hydroxyl groups excluding tert-OH is 1. The molecule has 0 aromatic heterocycles. The highest BCUT2D eigenvalue weighted by Gasteiger charge is 2.56. The summed E-state index contributed by atoms with van der Waals surface area (Å²) in [5.74, 6) is 1.66. The van der Waals surface area contributed by atoms with Crippen LogP contribution in [0.1, 0.15) is 36.4 Å².